The van der Waals surface area contributed by atoms with Gasteiger partial charge in [0.1, 0.15) is 98.7 Å². The lowest BCUT2D eigenvalue weighted by Crippen LogP contribution is -2.69. The summed E-state index contributed by atoms with van der Waals surface area (Å²) in [6.07, 6.45) is 10.1. The third-order valence-corrected chi connectivity index (χ3v) is 19.3. The molecular formula is C70H129O24P. The van der Waals surface area contributed by atoms with Crippen LogP contribution in [0.5, 0.6) is 0 Å². The zero-order chi connectivity index (χ0) is 69.6. The van der Waals surface area contributed by atoms with E-state index in [1.165, 1.54) is 135 Å². The van der Waals surface area contributed by atoms with Crippen molar-refractivity contribution >= 4 is 25.7 Å². The summed E-state index contributed by atoms with van der Waals surface area (Å²) >= 11 is 0. The summed E-state index contributed by atoms with van der Waals surface area (Å²) in [4.78, 5) is 50.9. The molecular weight excluding hydrogens is 1260 g/mol. The minimum atomic E-state index is -5.69. The number of aliphatic hydroxyl groups excluding tert-OH is 10. The van der Waals surface area contributed by atoms with E-state index in [0.717, 1.165) is 89.9 Å². The third-order valence-electron chi connectivity index (χ3n) is 18.3. The summed E-state index contributed by atoms with van der Waals surface area (Å²) in [7, 11) is -5.69. The minimum Gasteiger partial charge on any atom is -0.463 e. The molecule has 25 heteroatoms. The smallest absolute Gasteiger partial charge is 0.463 e. The second kappa shape index (κ2) is 52.6. The van der Waals surface area contributed by atoms with Crippen LogP contribution in [-0.4, -0.2) is 204 Å². The Bertz CT molecular complexity index is 2020. The lowest BCUT2D eigenvalue weighted by Gasteiger charge is -2.49. The molecule has 18 unspecified atom stereocenters. The average Bonchev–Trinajstić information content (AvgIpc) is 0.764. The Morgan fingerprint density at radius 2 is 0.737 bits per heavy atom. The second-order valence-corrected chi connectivity index (χ2v) is 28.1. The van der Waals surface area contributed by atoms with Crippen LogP contribution >= 0.6 is 7.82 Å². The van der Waals surface area contributed by atoms with Crippen LogP contribution in [0.15, 0.2) is 12.2 Å². The highest BCUT2D eigenvalue weighted by Crippen LogP contribution is 2.49. The first-order valence-corrected chi connectivity index (χ1v) is 38.5. The number of ether oxygens (including phenoxy) is 7. The van der Waals surface area contributed by atoms with Crippen molar-refractivity contribution in [1.29, 1.82) is 0 Å². The van der Waals surface area contributed by atoms with Crippen LogP contribution in [0.4, 0.5) is 0 Å². The van der Waals surface area contributed by atoms with Gasteiger partial charge in [-0.2, -0.15) is 0 Å². The Morgan fingerprint density at radius 1 is 0.400 bits per heavy atom. The highest BCUT2D eigenvalue weighted by molar-refractivity contribution is 7.47. The number of carbonyl (C=O) groups excluding carboxylic acids is 3. The fraction of sp³-hybridized carbons (Fsp3) is 0.929. The van der Waals surface area contributed by atoms with Crippen LogP contribution in [-0.2, 0) is 61.2 Å². The van der Waals surface area contributed by atoms with Crippen molar-refractivity contribution in [2.45, 2.75) is 388 Å². The van der Waals surface area contributed by atoms with Crippen LogP contribution in [0.1, 0.15) is 284 Å². The van der Waals surface area contributed by atoms with Crippen molar-refractivity contribution in [3.63, 3.8) is 0 Å². The Balaban J connectivity index is 1.74. The summed E-state index contributed by atoms with van der Waals surface area (Å²) in [5.41, 5.74) is 0. The molecule has 24 nitrogen and oxygen atoms in total. The molecule has 0 aromatic heterocycles. The summed E-state index contributed by atoms with van der Waals surface area (Å²) < 4.78 is 64.9. The van der Waals surface area contributed by atoms with Gasteiger partial charge < -0.3 is 89.1 Å². The van der Waals surface area contributed by atoms with Gasteiger partial charge in [0.2, 0.25) is 0 Å². The van der Waals surface area contributed by atoms with Crippen LogP contribution in [0.2, 0.25) is 0 Å². The summed E-state index contributed by atoms with van der Waals surface area (Å²) in [5, 5.41) is 110. The predicted molar refractivity (Wildman–Crippen MR) is 356 cm³/mol. The zero-order valence-electron chi connectivity index (χ0n) is 58.0. The maximum Gasteiger partial charge on any atom is 0.472 e. The SMILES string of the molecule is CCCCCCCC/C=C\CCCCCC(=O)OCC1OC(OC2C(O)C(O)C(O)C(OC3OC(CO)C(O)C(O)C3O)C2OP(=O)(O)OCC(COC(=O)CCCCCCCCCCCCCCCCCC)OC(=O)CCCCCCCCCCCCC)C(O)C(O)C1O. The highest BCUT2D eigenvalue weighted by Gasteiger charge is 2.58. The van der Waals surface area contributed by atoms with Gasteiger partial charge in [-0.1, -0.05) is 232 Å². The largest absolute Gasteiger partial charge is 0.472 e. The van der Waals surface area contributed by atoms with E-state index in [2.05, 4.69) is 32.9 Å². The molecule has 3 fully saturated rings. The number of allylic oxidation sites excluding steroid dienone is 2. The monoisotopic (exact) mass is 1380 g/mol. The van der Waals surface area contributed by atoms with Crippen molar-refractivity contribution in [2.24, 2.45) is 0 Å². The van der Waals surface area contributed by atoms with Crippen LogP contribution < -0.4 is 0 Å². The van der Waals surface area contributed by atoms with Gasteiger partial charge in [0.05, 0.1) is 13.2 Å². The lowest BCUT2D eigenvalue weighted by atomic mass is 9.84. The predicted octanol–water partition coefficient (Wildman–Crippen LogP) is 9.57. The molecule has 18 atom stereocenters. The Labute approximate surface area is 567 Å². The number of phosphoric acid groups is 1. The molecule has 0 amide bonds. The van der Waals surface area contributed by atoms with E-state index < -0.39 is 156 Å². The number of rotatable bonds is 57. The lowest BCUT2D eigenvalue weighted by molar-refractivity contribution is -0.360. The molecule has 0 aromatic carbocycles. The van der Waals surface area contributed by atoms with E-state index in [1.54, 1.807) is 0 Å². The zero-order valence-corrected chi connectivity index (χ0v) is 58.9. The van der Waals surface area contributed by atoms with Crippen molar-refractivity contribution in [3.8, 4) is 0 Å². The molecule has 0 aromatic rings. The molecule has 0 spiro atoms. The van der Waals surface area contributed by atoms with Crippen LogP contribution in [0, 0.1) is 0 Å². The number of hydrogen-bond acceptors (Lipinski definition) is 23. The van der Waals surface area contributed by atoms with Gasteiger partial charge >= 0.3 is 25.7 Å². The number of phosphoric ester groups is 1. The van der Waals surface area contributed by atoms with Gasteiger partial charge in [0.15, 0.2) is 18.7 Å². The third kappa shape index (κ3) is 36.2. The van der Waals surface area contributed by atoms with Gasteiger partial charge in [-0.05, 0) is 44.9 Å². The maximum atomic E-state index is 14.3. The van der Waals surface area contributed by atoms with E-state index in [-0.39, 0.29) is 19.3 Å². The number of hydrogen-bond donors (Lipinski definition) is 11. The van der Waals surface area contributed by atoms with Gasteiger partial charge in [0.25, 0.3) is 0 Å². The fourth-order valence-electron chi connectivity index (χ4n) is 12.2. The van der Waals surface area contributed by atoms with Crippen molar-refractivity contribution in [2.75, 3.05) is 26.4 Å². The molecule has 0 radical (unpaired) electrons. The number of carbonyl (C=O) groups is 3. The maximum absolute atomic E-state index is 14.3. The first kappa shape index (κ1) is 86.9. The second-order valence-electron chi connectivity index (χ2n) is 26.7. The van der Waals surface area contributed by atoms with Crippen LogP contribution in [0.25, 0.3) is 0 Å². The first-order valence-electron chi connectivity index (χ1n) is 37.0. The molecule has 3 rings (SSSR count). The van der Waals surface area contributed by atoms with Crippen molar-refractivity contribution in [1.82, 2.24) is 0 Å². The van der Waals surface area contributed by atoms with Crippen molar-refractivity contribution in [3.05, 3.63) is 12.2 Å². The molecule has 2 aliphatic heterocycles. The molecule has 0 bridgehead atoms. The summed E-state index contributed by atoms with van der Waals surface area (Å²) in [5.74, 6) is -2.00. The number of aliphatic hydroxyl groups is 10. The number of unbranched alkanes of at least 4 members (excludes halogenated alkanes) is 34. The van der Waals surface area contributed by atoms with E-state index in [1.807, 2.05) is 0 Å². The van der Waals surface area contributed by atoms with Gasteiger partial charge in [0, 0.05) is 19.3 Å². The topological polar surface area (TPSA) is 374 Å². The van der Waals surface area contributed by atoms with E-state index in [9.17, 15) is 74.9 Å². The molecule has 1 aliphatic carbocycles. The Morgan fingerprint density at radius 3 is 1.15 bits per heavy atom. The molecule has 3 aliphatic rings. The fourth-order valence-corrected chi connectivity index (χ4v) is 13.2. The average molecular weight is 1390 g/mol. The van der Waals surface area contributed by atoms with Gasteiger partial charge in [-0.25, -0.2) is 4.57 Å². The highest BCUT2D eigenvalue weighted by atomic mass is 31.2. The van der Waals surface area contributed by atoms with E-state index in [0.29, 0.717) is 19.3 Å². The van der Waals surface area contributed by atoms with Gasteiger partial charge in [-0.3, -0.25) is 23.4 Å². The van der Waals surface area contributed by atoms with Gasteiger partial charge in [-0.15, -0.1) is 0 Å². The molecule has 558 valence electrons. The molecule has 95 heavy (non-hydrogen) atoms. The standard InChI is InChI=1S/C70H129O24P/c1-4-7-10-13-16-19-22-24-25-26-28-31-32-35-38-41-44-54(72)86-48-51(89-56(74)46-43-40-37-34-29-21-18-15-12-9-6-3)49-88-95(84,85)94-68-66(92-69-64(82)59(77)57(75)52(47-71)90-69)62(80)61(79)63(81)67(68)93-70-65(83)60(78)58(76)53(91-70)50-87-55(73)45-42-39-36-33-30-27-23-20-17-14-11-8-5-2/h27,30,51-53,57-71,75-83H,4-26,28-29,31-50H2,1-3H3,(H,84,85)/b30-27-. The quantitative estimate of drug-likeness (QED) is 0.00887. The number of esters is 3. The minimum absolute atomic E-state index is 0.00932. The normalized spacial score (nSPS) is 28.1. The Hall–Kier alpha value is -2.30. The molecule has 2 saturated heterocycles. The van der Waals surface area contributed by atoms with E-state index in [4.69, 9.17) is 42.2 Å². The summed E-state index contributed by atoms with van der Waals surface area (Å²) in [6, 6.07) is 0. The van der Waals surface area contributed by atoms with E-state index >= 15 is 0 Å². The molecule has 2 heterocycles. The summed E-state index contributed by atoms with van der Waals surface area (Å²) in [6.45, 7) is 3.42. The van der Waals surface area contributed by atoms with Crippen LogP contribution in [0.3, 0.4) is 0 Å². The van der Waals surface area contributed by atoms with Crippen molar-refractivity contribution < 1.29 is 117 Å². The molecule has 11 N–H and O–H groups in total. The molecule has 1 saturated carbocycles. The Kier molecular flexibility index (Phi) is 48.2. The first-order chi connectivity index (χ1) is 45.8.